The fourth-order valence-corrected chi connectivity index (χ4v) is 12.2. The molecule has 224 valence electrons. The lowest BCUT2D eigenvalue weighted by molar-refractivity contribution is -0.152. The molecule has 6 heterocycles. The van der Waals surface area contributed by atoms with Crippen molar-refractivity contribution in [1.29, 1.82) is 0 Å². The van der Waals surface area contributed by atoms with E-state index >= 15 is 0 Å². The molecule has 0 aliphatic carbocycles. The van der Waals surface area contributed by atoms with Gasteiger partial charge in [0.1, 0.15) is 0 Å². The van der Waals surface area contributed by atoms with Crippen molar-refractivity contribution in [3.8, 4) is 0 Å². The Balaban J connectivity index is 1.12. The Kier molecular flexibility index (Phi) is 7.58. The fourth-order valence-electron chi connectivity index (χ4n) is 10.7. The van der Waals surface area contributed by atoms with E-state index in [1.54, 1.807) is 0 Å². The SMILES string of the molecule is CC(C)(C)C12CCCN1CC(CC(C)(C)C13CCCN1CC(CC(C)(C)C14CCCN1CCSC4)NC3)OC2. The standard InChI is InChI=1S/C33H60N4OS/c1-28(2,3)32-12-9-16-37(32)22-27(38-24-32)20-30(6,7)31-11-8-15-36(31)21-26(34-23-31)19-29(4,5)33-13-10-14-35(33)17-18-39-25-33/h26-27,34H,8-25H2,1-7H3. The number of hydrogen-bond donors (Lipinski definition) is 1. The molecule has 6 fully saturated rings. The highest BCUT2D eigenvalue weighted by molar-refractivity contribution is 7.99. The Labute approximate surface area is 244 Å². The quantitative estimate of drug-likeness (QED) is 0.463. The molecule has 0 radical (unpaired) electrons. The molecule has 5 unspecified atom stereocenters. The van der Waals surface area contributed by atoms with Gasteiger partial charge in [-0.05, 0) is 87.2 Å². The van der Waals surface area contributed by atoms with E-state index in [4.69, 9.17) is 4.74 Å². The molecular weight excluding hydrogens is 500 g/mol. The maximum absolute atomic E-state index is 6.80. The third-order valence-corrected chi connectivity index (χ3v) is 14.4. The van der Waals surface area contributed by atoms with Crippen molar-refractivity contribution >= 4 is 11.8 Å². The van der Waals surface area contributed by atoms with Gasteiger partial charge in [0.25, 0.3) is 0 Å². The van der Waals surface area contributed by atoms with Gasteiger partial charge in [-0.1, -0.05) is 48.5 Å². The van der Waals surface area contributed by atoms with Crippen LogP contribution in [-0.4, -0.2) is 107 Å². The molecule has 0 aromatic carbocycles. The van der Waals surface area contributed by atoms with Crippen LogP contribution in [0, 0.1) is 16.2 Å². The van der Waals surface area contributed by atoms with Crippen molar-refractivity contribution in [2.45, 2.75) is 129 Å². The van der Waals surface area contributed by atoms with Crippen LogP contribution in [-0.2, 0) is 4.74 Å². The van der Waals surface area contributed by atoms with Gasteiger partial charge in [-0.3, -0.25) is 14.7 Å². The van der Waals surface area contributed by atoms with Crippen molar-refractivity contribution < 1.29 is 4.74 Å². The number of rotatable bonds is 6. The van der Waals surface area contributed by atoms with Crippen LogP contribution in [0.2, 0.25) is 0 Å². The number of hydrogen-bond acceptors (Lipinski definition) is 6. The second-order valence-corrected chi connectivity index (χ2v) is 17.9. The lowest BCUT2D eigenvalue weighted by Gasteiger charge is -2.58. The highest BCUT2D eigenvalue weighted by atomic mass is 32.2. The minimum atomic E-state index is 0.226. The molecule has 39 heavy (non-hydrogen) atoms. The van der Waals surface area contributed by atoms with Crippen molar-refractivity contribution in [1.82, 2.24) is 20.0 Å². The summed E-state index contributed by atoms with van der Waals surface area (Å²) in [6.07, 6.45) is 10.9. The number of piperazine rings is 1. The lowest BCUT2D eigenvalue weighted by Crippen LogP contribution is -2.70. The molecule has 1 N–H and O–H groups in total. The third-order valence-electron chi connectivity index (χ3n) is 13.2. The topological polar surface area (TPSA) is 31.0 Å². The molecule has 6 saturated heterocycles. The summed E-state index contributed by atoms with van der Waals surface area (Å²) in [4.78, 5) is 8.66. The smallest absolute Gasteiger partial charge is 0.0708 e. The summed E-state index contributed by atoms with van der Waals surface area (Å²) in [6, 6.07) is 0.605. The molecule has 5 atom stereocenters. The minimum Gasteiger partial charge on any atom is -0.375 e. The van der Waals surface area contributed by atoms with E-state index in [-0.39, 0.29) is 21.9 Å². The van der Waals surface area contributed by atoms with E-state index in [2.05, 4.69) is 80.2 Å². The highest BCUT2D eigenvalue weighted by Gasteiger charge is 2.58. The molecule has 0 aromatic rings. The number of nitrogens with one attached hydrogen (secondary N) is 1. The molecule has 0 bridgehead atoms. The summed E-state index contributed by atoms with van der Waals surface area (Å²) in [5.41, 5.74) is 1.75. The van der Waals surface area contributed by atoms with E-state index in [1.165, 1.54) is 95.6 Å². The molecule has 5 nitrogen and oxygen atoms in total. The molecule has 0 saturated carbocycles. The number of thioether (sulfide) groups is 1. The summed E-state index contributed by atoms with van der Waals surface area (Å²) < 4.78 is 6.80. The molecule has 6 rings (SSSR count). The van der Waals surface area contributed by atoms with Gasteiger partial charge in [0.15, 0.2) is 0 Å². The monoisotopic (exact) mass is 560 g/mol. The number of ether oxygens (including phenoxy) is 1. The minimum absolute atomic E-state index is 0.226. The summed E-state index contributed by atoms with van der Waals surface area (Å²) in [6.45, 7) is 27.2. The van der Waals surface area contributed by atoms with Crippen LogP contribution in [0.25, 0.3) is 0 Å². The van der Waals surface area contributed by atoms with E-state index in [0.717, 1.165) is 19.7 Å². The first-order valence-electron chi connectivity index (χ1n) is 16.5. The van der Waals surface area contributed by atoms with Crippen LogP contribution in [0.3, 0.4) is 0 Å². The Bertz CT molecular complexity index is 903. The average molecular weight is 561 g/mol. The summed E-state index contributed by atoms with van der Waals surface area (Å²) in [5.74, 6) is 2.66. The first kappa shape index (κ1) is 29.2. The fraction of sp³-hybridized carbons (Fsp3) is 1.00. The second kappa shape index (κ2) is 10.1. The first-order chi connectivity index (χ1) is 18.3. The van der Waals surface area contributed by atoms with Crippen LogP contribution in [0.5, 0.6) is 0 Å². The summed E-state index contributed by atoms with van der Waals surface area (Å²) in [7, 11) is 0. The second-order valence-electron chi connectivity index (χ2n) is 16.8. The molecular formula is C33H60N4OS. The van der Waals surface area contributed by atoms with E-state index in [9.17, 15) is 0 Å². The van der Waals surface area contributed by atoms with Crippen LogP contribution in [0.15, 0.2) is 0 Å². The summed E-state index contributed by atoms with van der Waals surface area (Å²) in [5, 5.41) is 4.19. The van der Waals surface area contributed by atoms with Gasteiger partial charge in [0.05, 0.1) is 12.7 Å². The van der Waals surface area contributed by atoms with Gasteiger partial charge in [0, 0.05) is 60.3 Å². The van der Waals surface area contributed by atoms with Crippen LogP contribution in [0.1, 0.15) is 99.8 Å². The lowest BCUT2D eigenvalue weighted by atomic mass is 9.64. The van der Waals surface area contributed by atoms with E-state index in [0.29, 0.717) is 23.1 Å². The number of morpholine rings is 1. The molecule has 0 aromatic heterocycles. The zero-order valence-corrected chi connectivity index (χ0v) is 27.4. The molecule has 6 aliphatic heterocycles. The van der Waals surface area contributed by atoms with Crippen molar-refractivity contribution in [2.24, 2.45) is 16.2 Å². The number of fused-ring (bicyclic) bond motifs is 3. The van der Waals surface area contributed by atoms with Crippen LogP contribution >= 0.6 is 11.8 Å². The maximum Gasteiger partial charge on any atom is 0.0708 e. The largest absolute Gasteiger partial charge is 0.375 e. The van der Waals surface area contributed by atoms with Crippen molar-refractivity contribution in [3.05, 3.63) is 0 Å². The Morgan fingerprint density at radius 3 is 2.08 bits per heavy atom. The molecule has 6 heteroatoms. The van der Waals surface area contributed by atoms with Gasteiger partial charge in [-0.15, -0.1) is 0 Å². The van der Waals surface area contributed by atoms with Gasteiger partial charge in [0.2, 0.25) is 0 Å². The molecule has 6 aliphatic rings. The normalized spacial score (nSPS) is 41.0. The predicted molar refractivity (Wildman–Crippen MR) is 166 cm³/mol. The third kappa shape index (κ3) is 4.60. The first-order valence-corrected chi connectivity index (χ1v) is 17.7. The summed E-state index contributed by atoms with van der Waals surface area (Å²) >= 11 is 2.21. The molecule has 0 amide bonds. The van der Waals surface area contributed by atoms with Gasteiger partial charge >= 0.3 is 0 Å². The average Bonchev–Trinajstić information content (AvgIpc) is 3.60. The predicted octanol–water partition coefficient (Wildman–Crippen LogP) is 5.49. The van der Waals surface area contributed by atoms with Crippen LogP contribution < -0.4 is 5.32 Å². The van der Waals surface area contributed by atoms with Gasteiger partial charge in [-0.25, -0.2) is 0 Å². The van der Waals surface area contributed by atoms with Crippen molar-refractivity contribution in [3.63, 3.8) is 0 Å². The van der Waals surface area contributed by atoms with E-state index in [1.807, 2.05) is 0 Å². The Morgan fingerprint density at radius 1 is 0.744 bits per heavy atom. The zero-order chi connectivity index (χ0) is 27.7. The zero-order valence-electron chi connectivity index (χ0n) is 26.5. The van der Waals surface area contributed by atoms with Crippen molar-refractivity contribution in [2.75, 3.05) is 63.9 Å². The Morgan fingerprint density at radius 2 is 1.36 bits per heavy atom. The van der Waals surface area contributed by atoms with E-state index < -0.39 is 0 Å². The van der Waals surface area contributed by atoms with Gasteiger partial charge < -0.3 is 10.1 Å². The maximum atomic E-state index is 6.80. The number of nitrogens with zero attached hydrogens (tertiary/aromatic N) is 3. The highest BCUT2D eigenvalue weighted by Crippen LogP contribution is 2.53. The Hall–Kier alpha value is 0.150. The van der Waals surface area contributed by atoms with Gasteiger partial charge in [-0.2, -0.15) is 11.8 Å². The van der Waals surface area contributed by atoms with Crippen LogP contribution in [0.4, 0.5) is 0 Å². The molecule has 0 spiro atoms.